The molecule has 0 aliphatic carbocycles. The van der Waals surface area contributed by atoms with Crippen LogP contribution in [0.2, 0.25) is 5.02 Å². The molecule has 0 amide bonds. The quantitative estimate of drug-likeness (QED) is 0.453. The van der Waals surface area contributed by atoms with Gasteiger partial charge in [0, 0.05) is 18.7 Å². The second-order valence-corrected chi connectivity index (χ2v) is 4.97. The van der Waals surface area contributed by atoms with Gasteiger partial charge in [0.2, 0.25) is 0 Å². The summed E-state index contributed by atoms with van der Waals surface area (Å²) in [5, 5.41) is 10.0. The second-order valence-electron chi connectivity index (χ2n) is 4.54. The summed E-state index contributed by atoms with van der Waals surface area (Å²) in [4.78, 5) is 24.2. The Bertz CT molecular complexity index is 503. The first-order valence-electron chi connectivity index (χ1n) is 6.64. The number of carboxylic acids is 1. The topological polar surface area (TPSA) is 72.8 Å². The van der Waals surface area contributed by atoms with Crippen LogP contribution in [0.25, 0.3) is 0 Å². The third-order valence-electron chi connectivity index (χ3n) is 3.21. The first kappa shape index (κ1) is 17.5. The molecule has 6 heteroatoms. The molecule has 1 aromatic carbocycles. The number of methoxy groups -OCH3 is 1. The first-order valence-corrected chi connectivity index (χ1v) is 7.02. The van der Waals surface area contributed by atoms with Crippen molar-refractivity contribution < 1.29 is 24.2 Å². The lowest BCUT2D eigenvalue weighted by Gasteiger charge is -2.27. The maximum atomic E-state index is 12.3. The smallest absolute Gasteiger partial charge is 0.328 e. The number of carbonyl (C=O) groups excluding carboxylic acids is 1. The van der Waals surface area contributed by atoms with E-state index in [-0.39, 0.29) is 13.0 Å². The van der Waals surface area contributed by atoms with Gasteiger partial charge in [-0.25, -0.2) is 0 Å². The van der Waals surface area contributed by atoms with Crippen LogP contribution in [-0.4, -0.2) is 37.4 Å². The predicted molar refractivity (Wildman–Crippen MR) is 78.5 cm³/mol. The maximum Gasteiger partial charge on any atom is 0.328 e. The third kappa shape index (κ3) is 3.95. The highest BCUT2D eigenvalue weighted by molar-refractivity contribution is 6.30. The van der Waals surface area contributed by atoms with E-state index < -0.39 is 17.4 Å². The third-order valence-corrected chi connectivity index (χ3v) is 3.44. The van der Waals surface area contributed by atoms with Crippen LogP contribution in [0.4, 0.5) is 0 Å². The number of esters is 1. The van der Waals surface area contributed by atoms with Crippen LogP contribution < -0.4 is 0 Å². The van der Waals surface area contributed by atoms with Crippen molar-refractivity contribution in [1.29, 1.82) is 0 Å². The van der Waals surface area contributed by atoms with Crippen LogP contribution in [0.3, 0.4) is 0 Å². The van der Waals surface area contributed by atoms with Gasteiger partial charge in [0.15, 0.2) is 5.41 Å². The molecule has 116 valence electrons. The van der Waals surface area contributed by atoms with Crippen molar-refractivity contribution >= 4 is 23.5 Å². The number of carbonyl (C=O) groups is 2. The Hall–Kier alpha value is -1.59. The summed E-state index contributed by atoms with van der Waals surface area (Å²) < 4.78 is 9.94. The van der Waals surface area contributed by atoms with E-state index in [1.807, 2.05) is 0 Å². The molecule has 0 aromatic heterocycles. The summed E-state index contributed by atoms with van der Waals surface area (Å²) in [5.41, 5.74) is -1.45. The summed E-state index contributed by atoms with van der Waals surface area (Å²) in [6, 6.07) is 6.30. The molecule has 0 saturated carbocycles. The molecule has 21 heavy (non-hydrogen) atoms. The zero-order chi connectivity index (χ0) is 15.9. The standard InChI is InChI=1S/C15H19ClO5/c1-3-21-14(19)15(13(17)18,8-5-9-20-2)11-6-4-7-12(16)10-11/h4,6-7,10H,3,5,8-9H2,1-2H3,(H,17,18). The fraction of sp³-hybridized carbons (Fsp3) is 0.467. The lowest BCUT2D eigenvalue weighted by Crippen LogP contribution is -2.45. The molecule has 0 bridgehead atoms. The molecular formula is C15H19ClO5. The van der Waals surface area contributed by atoms with Gasteiger partial charge in [-0.3, -0.25) is 9.59 Å². The van der Waals surface area contributed by atoms with Gasteiger partial charge < -0.3 is 14.6 Å². The van der Waals surface area contributed by atoms with E-state index in [0.29, 0.717) is 23.6 Å². The Kier molecular flexibility index (Phi) is 6.65. The van der Waals surface area contributed by atoms with Crippen molar-refractivity contribution in [2.24, 2.45) is 0 Å². The summed E-state index contributed by atoms with van der Waals surface area (Å²) in [5.74, 6) is -2.03. The van der Waals surface area contributed by atoms with E-state index in [4.69, 9.17) is 21.1 Å². The molecule has 0 aliphatic heterocycles. The lowest BCUT2D eigenvalue weighted by molar-refractivity contribution is -0.162. The highest BCUT2D eigenvalue weighted by atomic mass is 35.5. The molecule has 1 unspecified atom stereocenters. The van der Waals surface area contributed by atoms with E-state index >= 15 is 0 Å². The summed E-state index contributed by atoms with van der Waals surface area (Å²) >= 11 is 5.93. The van der Waals surface area contributed by atoms with Crippen LogP contribution in [0, 0.1) is 0 Å². The van der Waals surface area contributed by atoms with Crippen molar-refractivity contribution in [3.05, 3.63) is 34.9 Å². The molecule has 0 aliphatic rings. The second kappa shape index (κ2) is 8.00. The molecule has 0 saturated heterocycles. The number of hydrogen-bond donors (Lipinski definition) is 1. The van der Waals surface area contributed by atoms with Gasteiger partial charge in [-0.2, -0.15) is 0 Å². The van der Waals surface area contributed by atoms with Crippen LogP contribution in [0.15, 0.2) is 24.3 Å². The zero-order valence-electron chi connectivity index (χ0n) is 12.1. The van der Waals surface area contributed by atoms with Gasteiger partial charge in [-0.05, 0) is 37.5 Å². The largest absolute Gasteiger partial charge is 0.480 e. The normalized spacial score (nSPS) is 13.5. The SMILES string of the molecule is CCOC(=O)C(CCCOC)(C(=O)O)c1cccc(Cl)c1. The predicted octanol–water partition coefficient (Wildman–Crippen LogP) is 2.65. The fourth-order valence-corrected chi connectivity index (χ4v) is 2.36. The monoisotopic (exact) mass is 314 g/mol. The number of hydrogen-bond acceptors (Lipinski definition) is 4. The van der Waals surface area contributed by atoms with E-state index in [1.165, 1.54) is 13.2 Å². The highest BCUT2D eigenvalue weighted by Gasteiger charge is 2.49. The van der Waals surface area contributed by atoms with Gasteiger partial charge in [0.1, 0.15) is 0 Å². The molecule has 0 fully saturated rings. The average Bonchev–Trinajstić information content (AvgIpc) is 2.43. The Morgan fingerprint density at radius 2 is 2.10 bits per heavy atom. The lowest BCUT2D eigenvalue weighted by atomic mass is 9.76. The van der Waals surface area contributed by atoms with Crippen molar-refractivity contribution in [1.82, 2.24) is 0 Å². The number of benzene rings is 1. The van der Waals surface area contributed by atoms with E-state index in [1.54, 1.807) is 25.1 Å². The van der Waals surface area contributed by atoms with Crippen molar-refractivity contribution in [2.75, 3.05) is 20.3 Å². The van der Waals surface area contributed by atoms with Crippen LogP contribution >= 0.6 is 11.6 Å². The Morgan fingerprint density at radius 1 is 1.38 bits per heavy atom. The van der Waals surface area contributed by atoms with Crippen molar-refractivity contribution in [3.63, 3.8) is 0 Å². The molecule has 1 rings (SSSR count). The molecule has 0 heterocycles. The zero-order valence-corrected chi connectivity index (χ0v) is 12.9. The number of ether oxygens (including phenoxy) is 2. The van der Waals surface area contributed by atoms with Crippen LogP contribution in [0.1, 0.15) is 25.3 Å². The van der Waals surface area contributed by atoms with E-state index in [2.05, 4.69) is 0 Å². The molecule has 1 aromatic rings. The highest BCUT2D eigenvalue weighted by Crippen LogP contribution is 2.33. The Balaban J connectivity index is 3.29. The van der Waals surface area contributed by atoms with Gasteiger partial charge in [0.25, 0.3) is 0 Å². The van der Waals surface area contributed by atoms with Gasteiger partial charge >= 0.3 is 11.9 Å². The van der Waals surface area contributed by atoms with E-state index in [0.717, 1.165) is 0 Å². The van der Waals surface area contributed by atoms with Gasteiger partial charge in [0.05, 0.1) is 6.61 Å². The van der Waals surface area contributed by atoms with Gasteiger partial charge in [-0.1, -0.05) is 23.7 Å². The molecule has 1 atom stereocenters. The molecule has 5 nitrogen and oxygen atoms in total. The van der Waals surface area contributed by atoms with Crippen molar-refractivity contribution in [3.8, 4) is 0 Å². The van der Waals surface area contributed by atoms with Crippen LogP contribution in [0.5, 0.6) is 0 Å². The Labute approximate surface area is 128 Å². The Morgan fingerprint density at radius 3 is 2.62 bits per heavy atom. The molecular weight excluding hydrogens is 296 g/mol. The summed E-state index contributed by atoms with van der Waals surface area (Å²) in [6.45, 7) is 2.10. The van der Waals surface area contributed by atoms with Crippen molar-refractivity contribution in [2.45, 2.75) is 25.2 Å². The molecule has 0 spiro atoms. The minimum atomic E-state index is -1.76. The van der Waals surface area contributed by atoms with E-state index in [9.17, 15) is 14.7 Å². The summed E-state index contributed by atoms with van der Waals surface area (Å²) in [7, 11) is 1.52. The number of aliphatic carboxylic acids is 1. The average molecular weight is 315 g/mol. The number of halogens is 1. The van der Waals surface area contributed by atoms with Gasteiger partial charge in [-0.15, -0.1) is 0 Å². The summed E-state index contributed by atoms with van der Waals surface area (Å²) in [6.07, 6.45) is 0.490. The number of carboxylic acid groups (broad SMARTS) is 1. The minimum absolute atomic E-state index is 0.0787. The van der Waals surface area contributed by atoms with Crippen LogP contribution in [-0.2, 0) is 24.5 Å². The first-order chi connectivity index (χ1) is 9.98. The maximum absolute atomic E-state index is 12.3. The minimum Gasteiger partial charge on any atom is -0.480 e. The fourth-order valence-electron chi connectivity index (χ4n) is 2.17. The molecule has 0 radical (unpaired) electrons. The molecule has 1 N–H and O–H groups in total. The number of rotatable bonds is 8.